The first kappa shape index (κ1) is 24.9. The Morgan fingerprint density at radius 2 is 1.33 bits per heavy atom. The summed E-state index contributed by atoms with van der Waals surface area (Å²) in [5, 5.41) is 3.82. The fraction of sp³-hybridized carbons (Fsp3) is 1.00. The van der Waals surface area contributed by atoms with Gasteiger partial charge in [-0.05, 0) is 40.0 Å². The van der Waals surface area contributed by atoms with Gasteiger partial charge in [-0.2, -0.15) is 0 Å². The van der Waals surface area contributed by atoms with Crippen LogP contribution in [0.25, 0.3) is 0 Å². The minimum Gasteiger partial charge on any atom is -0.327 e. The fourth-order valence-corrected chi connectivity index (χ4v) is 4.27. The highest BCUT2D eigenvalue weighted by Crippen LogP contribution is 2.31. The highest BCUT2D eigenvalue weighted by atomic mass is 16.9. The zero-order chi connectivity index (χ0) is 19.8. The van der Waals surface area contributed by atoms with E-state index >= 15 is 0 Å². The van der Waals surface area contributed by atoms with Gasteiger partial charge in [0.25, 0.3) is 5.97 Å². The Bertz CT molecular complexity index is 315. The predicted octanol–water partition coefficient (Wildman–Crippen LogP) is 6.04. The van der Waals surface area contributed by atoms with Crippen molar-refractivity contribution in [2.75, 3.05) is 26.4 Å². The molecule has 0 aromatic rings. The van der Waals surface area contributed by atoms with Crippen LogP contribution in [0.15, 0.2) is 0 Å². The summed E-state index contributed by atoms with van der Waals surface area (Å²) < 4.78 is 18.4. The average Bonchev–Trinajstić information content (AvgIpc) is 2.68. The predicted molar refractivity (Wildman–Crippen MR) is 114 cm³/mol. The topological polar surface area (TPSA) is 39.7 Å². The first-order chi connectivity index (χ1) is 13.2. The minimum absolute atomic E-state index is 0.227. The highest BCUT2D eigenvalue weighted by molar-refractivity contribution is 4.79. The van der Waals surface area contributed by atoms with Gasteiger partial charge in [0, 0.05) is 32.4 Å². The van der Waals surface area contributed by atoms with Crippen LogP contribution in [0.1, 0.15) is 105 Å². The van der Waals surface area contributed by atoms with Crippen LogP contribution in [0.5, 0.6) is 0 Å². The molecule has 0 aromatic heterocycles. The quantitative estimate of drug-likeness (QED) is 0.245. The van der Waals surface area contributed by atoms with Gasteiger partial charge in [-0.1, -0.05) is 64.7 Å². The first-order valence-electron chi connectivity index (χ1n) is 11.9. The summed E-state index contributed by atoms with van der Waals surface area (Å²) in [4.78, 5) is 0. The van der Waals surface area contributed by atoms with Gasteiger partial charge in [0.05, 0.1) is 5.92 Å². The molecule has 0 spiro atoms. The van der Waals surface area contributed by atoms with E-state index in [1.807, 2.05) is 20.8 Å². The molecule has 1 unspecified atom stereocenters. The molecule has 0 amide bonds. The standard InChI is InChI=1S/C23H47NO3/c1-5-9-10-11-12-14-17-21(20-24-22-18-15-13-16-19-22)23(25-6-2,26-7-3)27-8-4/h21-22,24H,5-20H2,1-4H3. The Kier molecular flexibility index (Phi) is 14.5. The lowest BCUT2D eigenvalue weighted by Gasteiger charge is -2.40. The Labute approximate surface area is 169 Å². The normalized spacial score (nSPS) is 17.3. The van der Waals surface area contributed by atoms with Crippen molar-refractivity contribution in [1.29, 1.82) is 0 Å². The van der Waals surface area contributed by atoms with Crippen molar-refractivity contribution in [1.82, 2.24) is 5.32 Å². The molecule has 0 heterocycles. The van der Waals surface area contributed by atoms with E-state index in [2.05, 4.69) is 12.2 Å². The maximum atomic E-state index is 6.12. The second-order valence-electron chi connectivity index (χ2n) is 7.90. The summed E-state index contributed by atoms with van der Waals surface area (Å²) in [5.74, 6) is -0.672. The zero-order valence-electron chi connectivity index (χ0n) is 18.7. The van der Waals surface area contributed by atoms with Crippen LogP contribution in [0, 0.1) is 5.92 Å². The summed E-state index contributed by atoms with van der Waals surface area (Å²) in [5.41, 5.74) is 0. The second kappa shape index (κ2) is 15.7. The summed E-state index contributed by atoms with van der Waals surface area (Å²) >= 11 is 0. The number of rotatable bonds is 17. The van der Waals surface area contributed by atoms with Crippen LogP contribution < -0.4 is 5.32 Å². The van der Waals surface area contributed by atoms with Gasteiger partial charge in [0.2, 0.25) is 0 Å². The van der Waals surface area contributed by atoms with Gasteiger partial charge in [0.1, 0.15) is 0 Å². The van der Waals surface area contributed by atoms with Crippen LogP contribution in [-0.4, -0.2) is 38.4 Å². The van der Waals surface area contributed by atoms with Crippen LogP contribution in [0.2, 0.25) is 0 Å². The summed E-state index contributed by atoms with van der Waals surface area (Å²) in [6, 6.07) is 0.647. The third kappa shape index (κ3) is 9.74. The lowest BCUT2D eigenvalue weighted by atomic mass is 9.93. The molecule has 0 aliphatic heterocycles. The van der Waals surface area contributed by atoms with Gasteiger partial charge in [-0.3, -0.25) is 0 Å². The van der Waals surface area contributed by atoms with Crippen molar-refractivity contribution in [3.63, 3.8) is 0 Å². The minimum atomic E-state index is -0.899. The molecule has 1 atom stereocenters. The number of hydrogen-bond acceptors (Lipinski definition) is 4. The van der Waals surface area contributed by atoms with Crippen molar-refractivity contribution in [2.45, 2.75) is 117 Å². The number of hydrogen-bond donors (Lipinski definition) is 1. The lowest BCUT2D eigenvalue weighted by molar-refractivity contribution is -0.401. The molecule has 1 fully saturated rings. The molecule has 1 aliphatic rings. The average molecular weight is 386 g/mol. The van der Waals surface area contributed by atoms with Crippen LogP contribution >= 0.6 is 0 Å². The van der Waals surface area contributed by atoms with Crippen molar-refractivity contribution < 1.29 is 14.2 Å². The smallest absolute Gasteiger partial charge is 0.287 e. The van der Waals surface area contributed by atoms with E-state index in [-0.39, 0.29) is 5.92 Å². The Morgan fingerprint density at radius 1 is 0.778 bits per heavy atom. The summed E-state index contributed by atoms with van der Waals surface area (Å²) in [6.45, 7) is 11.1. The summed E-state index contributed by atoms with van der Waals surface area (Å²) in [7, 11) is 0. The summed E-state index contributed by atoms with van der Waals surface area (Å²) in [6.07, 6.45) is 15.6. The number of unbranched alkanes of at least 4 members (excludes halogenated alkanes) is 5. The van der Waals surface area contributed by atoms with E-state index in [0.29, 0.717) is 25.9 Å². The first-order valence-corrected chi connectivity index (χ1v) is 11.9. The number of nitrogens with one attached hydrogen (secondary N) is 1. The van der Waals surface area contributed by atoms with Gasteiger partial charge in [-0.15, -0.1) is 0 Å². The van der Waals surface area contributed by atoms with Crippen molar-refractivity contribution in [2.24, 2.45) is 5.92 Å². The van der Waals surface area contributed by atoms with Crippen molar-refractivity contribution in [3.8, 4) is 0 Å². The molecule has 1 N–H and O–H groups in total. The second-order valence-corrected chi connectivity index (χ2v) is 7.90. The van der Waals surface area contributed by atoms with E-state index < -0.39 is 5.97 Å². The van der Waals surface area contributed by atoms with Gasteiger partial charge < -0.3 is 19.5 Å². The molecular weight excluding hydrogens is 338 g/mol. The van der Waals surface area contributed by atoms with E-state index in [4.69, 9.17) is 14.2 Å². The molecule has 1 rings (SSSR count). The molecule has 4 heteroatoms. The van der Waals surface area contributed by atoms with E-state index in [0.717, 1.165) is 13.0 Å². The molecule has 4 nitrogen and oxygen atoms in total. The molecule has 0 saturated heterocycles. The molecule has 162 valence electrons. The number of ether oxygens (including phenoxy) is 3. The van der Waals surface area contributed by atoms with Gasteiger partial charge >= 0.3 is 0 Å². The van der Waals surface area contributed by atoms with Crippen molar-refractivity contribution in [3.05, 3.63) is 0 Å². The van der Waals surface area contributed by atoms with Crippen LogP contribution in [0.3, 0.4) is 0 Å². The third-order valence-electron chi connectivity index (χ3n) is 5.70. The SMILES string of the molecule is CCCCCCCCC(CNC1CCCCC1)C(OCC)(OCC)OCC. The molecule has 1 aliphatic carbocycles. The fourth-order valence-electron chi connectivity index (χ4n) is 4.27. The largest absolute Gasteiger partial charge is 0.327 e. The monoisotopic (exact) mass is 385 g/mol. The molecule has 0 bridgehead atoms. The maximum Gasteiger partial charge on any atom is 0.287 e. The Morgan fingerprint density at radius 3 is 1.89 bits per heavy atom. The van der Waals surface area contributed by atoms with E-state index in [9.17, 15) is 0 Å². The van der Waals surface area contributed by atoms with Crippen molar-refractivity contribution >= 4 is 0 Å². The molecule has 1 saturated carbocycles. The Hall–Kier alpha value is -0.160. The molecule has 0 radical (unpaired) electrons. The zero-order valence-corrected chi connectivity index (χ0v) is 18.7. The third-order valence-corrected chi connectivity index (χ3v) is 5.70. The molecule has 27 heavy (non-hydrogen) atoms. The Balaban J connectivity index is 2.68. The van der Waals surface area contributed by atoms with Gasteiger partial charge in [0.15, 0.2) is 0 Å². The van der Waals surface area contributed by atoms with E-state index in [1.54, 1.807) is 0 Å². The van der Waals surface area contributed by atoms with Crippen LogP contribution in [0.4, 0.5) is 0 Å². The van der Waals surface area contributed by atoms with Crippen LogP contribution in [-0.2, 0) is 14.2 Å². The molecular formula is C23H47NO3. The lowest BCUT2D eigenvalue weighted by Crippen LogP contribution is -2.51. The van der Waals surface area contributed by atoms with E-state index in [1.165, 1.54) is 70.6 Å². The molecule has 0 aromatic carbocycles. The maximum absolute atomic E-state index is 6.12. The van der Waals surface area contributed by atoms with Gasteiger partial charge in [-0.25, -0.2) is 0 Å². The highest BCUT2D eigenvalue weighted by Gasteiger charge is 2.41.